The number of rotatable bonds is 8. The quantitative estimate of drug-likeness (QED) is 0.220. The van der Waals surface area contributed by atoms with Gasteiger partial charge in [-0.25, -0.2) is 0 Å². The summed E-state index contributed by atoms with van der Waals surface area (Å²) in [6.07, 6.45) is 1.85. The monoisotopic (exact) mass is 634 g/mol. The summed E-state index contributed by atoms with van der Waals surface area (Å²) < 4.78 is 6.66. The summed E-state index contributed by atoms with van der Waals surface area (Å²) in [5, 5.41) is 12.2. The van der Waals surface area contributed by atoms with E-state index in [1.807, 2.05) is 84.7 Å². The summed E-state index contributed by atoms with van der Waals surface area (Å²) in [4.78, 5) is 42.3. The predicted octanol–water partition coefficient (Wildman–Crippen LogP) is 6.37. The number of aliphatic hydroxyl groups is 1. The summed E-state index contributed by atoms with van der Waals surface area (Å²) in [5.41, 5.74) is 5.81. The smallest absolute Gasteiger partial charge is 0.263 e. The van der Waals surface area contributed by atoms with Gasteiger partial charge >= 0.3 is 0 Å². The van der Waals surface area contributed by atoms with Gasteiger partial charge in [-0.2, -0.15) is 0 Å². The first-order chi connectivity index (χ1) is 22.1. The maximum Gasteiger partial charge on any atom is 0.263 e. The van der Waals surface area contributed by atoms with E-state index < -0.39 is 8.32 Å². The first-order valence-corrected chi connectivity index (χ1v) is 19.5. The molecule has 4 aromatic rings. The number of ether oxygens (including phenoxy) is 1. The zero-order valence-electron chi connectivity index (χ0n) is 26.7. The van der Waals surface area contributed by atoms with E-state index in [1.54, 1.807) is 4.90 Å². The van der Waals surface area contributed by atoms with Gasteiger partial charge in [0.2, 0.25) is 5.91 Å². The van der Waals surface area contributed by atoms with Crippen LogP contribution in [-0.2, 0) is 28.9 Å². The Morgan fingerprint density at radius 1 is 0.957 bits per heavy atom. The van der Waals surface area contributed by atoms with Crippen molar-refractivity contribution in [3.8, 4) is 0 Å². The summed E-state index contributed by atoms with van der Waals surface area (Å²) >= 11 is 0. The van der Waals surface area contributed by atoms with E-state index in [2.05, 4.69) is 25.1 Å². The average molecular weight is 635 g/mol. The molecule has 1 fully saturated rings. The molecule has 1 saturated heterocycles. The van der Waals surface area contributed by atoms with Crippen LogP contribution >= 0.6 is 0 Å². The van der Waals surface area contributed by atoms with E-state index in [-0.39, 0.29) is 54.6 Å². The number of carbonyl (C=O) groups excluding carboxylic acids is 2. The van der Waals surface area contributed by atoms with Crippen LogP contribution in [0.1, 0.15) is 46.8 Å². The van der Waals surface area contributed by atoms with Gasteiger partial charge in [0.05, 0.1) is 42.5 Å². The minimum absolute atomic E-state index is 0.0113. The molecule has 0 unspecified atom stereocenters. The van der Waals surface area contributed by atoms with Gasteiger partial charge in [-0.1, -0.05) is 67.6 Å². The van der Waals surface area contributed by atoms with Gasteiger partial charge in [0.1, 0.15) is 0 Å². The van der Waals surface area contributed by atoms with Crippen LogP contribution in [0.2, 0.25) is 18.6 Å². The summed E-state index contributed by atoms with van der Waals surface area (Å²) in [7, 11) is -2.68. The van der Waals surface area contributed by atoms with Crippen LogP contribution in [-0.4, -0.2) is 59.8 Å². The predicted molar refractivity (Wildman–Crippen MR) is 183 cm³/mol. The fraction of sp³-hybridized carbons (Fsp3) is 0.368. The second-order valence-electron chi connectivity index (χ2n) is 13.8. The van der Waals surface area contributed by atoms with Crippen LogP contribution < -0.4 is 4.90 Å². The van der Waals surface area contributed by atoms with Gasteiger partial charge in [-0.3, -0.25) is 14.5 Å². The van der Waals surface area contributed by atoms with E-state index in [4.69, 9.17) is 4.74 Å². The van der Waals surface area contributed by atoms with Crippen LogP contribution in [0.5, 0.6) is 0 Å². The lowest BCUT2D eigenvalue weighted by molar-refractivity contribution is -0.138. The number of aliphatic hydroxyl groups excluding tert-OH is 1. The number of anilines is 2. The van der Waals surface area contributed by atoms with Crippen molar-refractivity contribution in [2.45, 2.75) is 76.0 Å². The van der Waals surface area contributed by atoms with Crippen molar-refractivity contribution >= 4 is 42.3 Å². The molecule has 46 heavy (non-hydrogen) atoms. The van der Waals surface area contributed by atoms with Crippen LogP contribution in [0.3, 0.4) is 0 Å². The second-order valence-corrected chi connectivity index (χ2v) is 17.8. The van der Waals surface area contributed by atoms with E-state index in [9.17, 15) is 19.5 Å². The normalized spacial score (nSPS) is 24.1. The van der Waals surface area contributed by atoms with E-state index in [0.717, 1.165) is 51.7 Å². The molecule has 0 bridgehead atoms. The van der Waals surface area contributed by atoms with Gasteiger partial charge in [-0.05, 0) is 84.6 Å². The lowest BCUT2D eigenvalue weighted by Gasteiger charge is -2.37. The van der Waals surface area contributed by atoms with Crippen molar-refractivity contribution in [2.24, 2.45) is 5.92 Å². The molecule has 7 rings (SSSR count). The number of fused-ring (bicyclic) bond motifs is 1. The molecule has 0 spiro atoms. The van der Waals surface area contributed by atoms with Crippen molar-refractivity contribution in [3.63, 3.8) is 0 Å². The van der Waals surface area contributed by atoms with Gasteiger partial charge in [0, 0.05) is 23.2 Å². The third-order valence-electron chi connectivity index (χ3n) is 10.4. The molecular weight excluding hydrogens is 593 g/mol. The minimum Gasteiger partial charge on any atom is -0.432 e. The van der Waals surface area contributed by atoms with Gasteiger partial charge in [0.15, 0.2) is 8.32 Å². The fourth-order valence-electron chi connectivity index (χ4n) is 8.27. The highest BCUT2D eigenvalue weighted by Crippen LogP contribution is 2.46. The summed E-state index contributed by atoms with van der Waals surface area (Å²) in [6, 6.07) is 27.9. The molecule has 2 N–H and O–H groups in total. The minimum atomic E-state index is -2.68. The largest absolute Gasteiger partial charge is 0.432 e. The van der Waals surface area contributed by atoms with Crippen molar-refractivity contribution in [2.75, 3.05) is 11.5 Å². The highest BCUT2D eigenvalue weighted by atomic mass is 28.4. The average Bonchev–Trinajstić information content (AvgIpc) is 3.52. The first kappa shape index (κ1) is 30.8. The molecule has 0 aliphatic carbocycles. The Morgan fingerprint density at radius 3 is 2.46 bits per heavy atom. The van der Waals surface area contributed by atoms with Gasteiger partial charge in [-0.15, -0.1) is 0 Å². The number of carbonyl (C=O) groups is 2. The number of benzene rings is 4. The molecule has 0 radical (unpaired) electrons. The van der Waals surface area contributed by atoms with Gasteiger partial charge in [0.25, 0.3) is 5.91 Å². The van der Waals surface area contributed by atoms with Crippen LogP contribution in [0.15, 0.2) is 84.9 Å². The van der Waals surface area contributed by atoms with E-state index in [0.29, 0.717) is 13.0 Å². The second kappa shape index (κ2) is 12.1. The molecule has 3 heterocycles. The molecule has 8 heteroatoms. The maximum atomic E-state index is 13.8. The zero-order chi connectivity index (χ0) is 32.2. The Hall–Kier alpha value is -3.82. The standard InChI is InChI=1S/C38H42N2O5Si/c1-24-33(18-17-25-9-6-14-29(19-25)40-32-16-8-13-26-12-7-15-31(36(26)32)38(40)43)45-34(37(24)46(2,3)44)21-35(42)39-22-28-11-5-4-10-27(28)20-30(39)23-41/h4-16,19,24,30,33-34,37,41,44H,17-18,20-23H2,1-3H3/t24-,30-,33+,34-,37+/m0/s1. The first-order valence-electron chi connectivity index (χ1n) is 16.4. The number of aryl methyl sites for hydroxylation is 1. The molecule has 0 saturated carbocycles. The van der Waals surface area contributed by atoms with Crippen LogP contribution in [0.25, 0.3) is 10.8 Å². The zero-order valence-corrected chi connectivity index (χ0v) is 27.7. The fourth-order valence-corrected chi connectivity index (χ4v) is 10.9. The lowest BCUT2D eigenvalue weighted by Crippen LogP contribution is -2.48. The Morgan fingerprint density at radius 2 is 1.70 bits per heavy atom. The molecule has 5 atom stereocenters. The number of hydrogen-bond acceptors (Lipinski definition) is 5. The molecule has 4 aromatic carbocycles. The summed E-state index contributed by atoms with van der Waals surface area (Å²) in [5.74, 6) is 0.0482. The Balaban J connectivity index is 1.06. The van der Waals surface area contributed by atoms with E-state index in [1.165, 1.54) is 5.56 Å². The molecule has 3 aliphatic heterocycles. The molecule has 2 amide bonds. The SMILES string of the molecule is C[C@@H]1[C@@H]([Si](C)(C)O)[C@H](CC(=O)N2Cc3ccccc3C[C@H]2CO)O[C@@H]1CCc1cccc(N2C(=O)c3cccc4cccc2c34)c1. The van der Waals surface area contributed by atoms with Crippen molar-refractivity contribution in [1.82, 2.24) is 4.90 Å². The highest BCUT2D eigenvalue weighted by molar-refractivity contribution is 6.71. The third kappa shape index (κ3) is 5.47. The molecule has 7 nitrogen and oxygen atoms in total. The van der Waals surface area contributed by atoms with Crippen molar-refractivity contribution in [1.29, 1.82) is 0 Å². The topological polar surface area (TPSA) is 90.3 Å². The van der Waals surface area contributed by atoms with Crippen molar-refractivity contribution in [3.05, 3.63) is 107 Å². The Bertz CT molecular complexity index is 1800. The van der Waals surface area contributed by atoms with Crippen LogP contribution in [0, 0.1) is 5.92 Å². The molecule has 238 valence electrons. The third-order valence-corrected chi connectivity index (χ3v) is 13.0. The maximum absolute atomic E-state index is 13.8. The number of amides is 2. The molecular formula is C38H42N2O5Si. The van der Waals surface area contributed by atoms with E-state index >= 15 is 0 Å². The Labute approximate surface area is 271 Å². The molecule has 3 aliphatic rings. The Kier molecular flexibility index (Phi) is 8.09. The lowest BCUT2D eigenvalue weighted by atomic mass is 9.93. The van der Waals surface area contributed by atoms with Crippen molar-refractivity contribution < 1.29 is 24.2 Å². The number of nitrogens with zero attached hydrogens (tertiary/aromatic N) is 2. The van der Waals surface area contributed by atoms with Crippen LogP contribution in [0.4, 0.5) is 11.4 Å². The molecule has 0 aromatic heterocycles. The highest BCUT2D eigenvalue weighted by Gasteiger charge is 2.50. The number of hydrogen-bond donors (Lipinski definition) is 2. The summed E-state index contributed by atoms with van der Waals surface area (Å²) in [6.45, 7) is 6.43. The van der Waals surface area contributed by atoms with Gasteiger partial charge < -0.3 is 19.5 Å².